The number of carbonyl (C=O) groups excluding carboxylic acids is 1. The molecule has 1 aliphatic heterocycles. The Labute approximate surface area is 213 Å². The molecule has 190 valence electrons. The number of ether oxygens (including phenoxy) is 1. The number of thiazole rings is 1. The van der Waals surface area contributed by atoms with Crippen LogP contribution in [0.15, 0.2) is 36.5 Å². The van der Waals surface area contributed by atoms with Gasteiger partial charge in [0.1, 0.15) is 22.2 Å². The van der Waals surface area contributed by atoms with E-state index in [4.69, 9.17) is 16.2 Å². The van der Waals surface area contributed by atoms with Crippen LogP contribution in [-0.4, -0.2) is 47.0 Å². The summed E-state index contributed by atoms with van der Waals surface area (Å²) in [5.41, 5.74) is 13.3. The first-order valence-electron chi connectivity index (χ1n) is 12.3. The maximum absolute atomic E-state index is 14.1. The molecule has 10 heteroatoms. The van der Waals surface area contributed by atoms with E-state index < -0.39 is 0 Å². The molecule has 3 heterocycles. The maximum Gasteiger partial charge on any atom is 0.270 e. The first kappa shape index (κ1) is 24.5. The van der Waals surface area contributed by atoms with Crippen LogP contribution in [0.1, 0.15) is 41.0 Å². The lowest BCUT2D eigenvalue weighted by atomic mass is 9.96. The molecule has 1 aromatic carbocycles. The lowest BCUT2D eigenvalue weighted by molar-refractivity contribution is 0.0929. The molecule has 0 bridgehead atoms. The molecule has 8 nitrogen and oxygen atoms in total. The first-order valence-corrected chi connectivity index (χ1v) is 13.2. The number of anilines is 2. The van der Waals surface area contributed by atoms with Crippen LogP contribution in [-0.2, 0) is 6.54 Å². The SMILES string of the molecule is Nc1cc(C(=O)NCC2CCN(Cc3cnc(-c4ccccc4F)s3)CC2)nc(OCC2CC2)c1N. The van der Waals surface area contributed by atoms with Crippen LogP contribution in [0.25, 0.3) is 10.6 Å². The number of likely N-dealkylation sites (tertiary alicyclic amines) is 1. The molecule has 2 fully saturated rings. The Morgan fingerprint density at radius 1 is 1.17 bits per heavy atom. The van der Waals surface area contributed by atoms with Crippen LogP contribution in [0.3, 0.4) is 0 Å². The maximum atomic E-state index is 14.1. The number of aromatic nitrogens is 2. The summed E-state index contributed by atoms with van der Waals surface area (Å²) in [6, 6.07) is 8.22. The van der Waals surface area contributed by atoms with Gasteiger partial charge in [-0.2, -0.15) is 0 Å². The van der Waals surface area contributed by atoms with Gasteiger partial charge in [0.25, 0.3) is 5.91 Å². The number of hydrogen-bond donors (Lipinski definition) is 3. The molecule has 36 heavy (non-hydrogen) atoms. The molecule has 0 unspecified atom stereocenters. The van der Waals surface area contributed by atoms with E-state index in [9.17, 15) is 9.18 Å². The third-order valence-electron chi connectivity index (χ3n) is 6.74. The number of hydrogen-bond acceptors (Lipinski definition) is 8. The molecule has 2 aliphatic rings. The molecule has 0 radical (unpaired) electrons. The number of halogens is 1. The van der Waals surface area contributed by atoms with Gasteiger partial charge >= 0.3 is 0 Å². The quantitative estimate of drug-likeness (QED) is 0.399. The topological polar surface area (TPSA) is 119 Å². The van der Waals surface area contributed by atoms with Crippen molar-refractivity contribution in [3.63, 3.8) is 0 Å². The van der Waals surface area contributed by atoms with Crippen LogP contribution in [0, 0.1) is 17.7 Å². The van der Waals surface area contributed by atoms with E-state index in [1.165, 1.54) is 23.5 Å². The number of nitrogens with zero attached hydrogens (tertiary/aromatic N) is 3. The number of amides is 1. The zero-order chi connectivity index (χ0) is 25.1. The van der Waals surface area contributed by atoms with Gasteiger partial charge in [0.15, 0.2) is 0 Å². The summed E-state index contributed by atoms with van der Waals surface area (Å²) >= 11 is 1.53. The minimum atomic E-state index is -0.272. The highest BCUT2D eigenvalue weighted by atomic mass is 32.1. The van der Waals surface area contributed by atoms with Crippen molar-refractivity contribution in [2.45, 2.75) is 32.2 Å². The van der Waals surface area contributed by atoms with Crippen LogP contribution < -0.4 is 21.5 Å². The van der Waals surface area contributed by atoms with E-state index in [0.717, 1.165) is 50.2 Å². The number of nitrogen functional groups attached to an aromatic ring is 2. The molecule has 1 amide bonds. The van der Waals surface area contributed by atoms with Gasteiger partial charge in [-0.3, -0.25) is 9.69 Å². The lowest BCUT2D eigenvalue weighted by Crippen LogP contribution is -2.38. The Balaban J connectivity index is 1.09. The summed E-state index contributed by atoms with van der Waals surface area (Å²) in [4.78, 5) is 25.0. The van der Waals surface area contributed by atoms with Crippen molar-refractivity contribution in [1.29, 1.82) is 0 Å². The van der Waals surface area contributed by atoms with Crippen LogP contribution >= 0.6 is 11.3 Å². The van der Waals surface area contributed by atoms with Gasteiger partial charge in [-0.15, -0.1) is 11.3 Å². The zero-order valence-electron chi connectivity index (χ0n) is 20.1. The van der Waals surface area contributed by atoms with Crippen molar-refractivity contribution in [2.24, 2.45) is 11.8 Å². The first-order chi connectivity index (χ1) is 17.5. The van der Waals surface area contributed by atoms with E-state index in [-0.39, 0.29) is 29.0 Å². The van der Waals surface area contributed by atoms with E-state index in [1.54, 1.807) is 12.1 Å². The molecule has 1 saturated heterocycles. The summed E-state index contributed by atoms with van der Waals surface area (Å²) in [5, 5.41) is 3.70. The zero-order valence-corrected chi connectivity index (χ0v) is 20.9. The average Bonchev–Trinajstić information content (AvgIpc) is 3.61. The third-order valence-corrected chi connectivity index (χ3v) is 7.75. The molecule has 1 aliphatic carbocycles. The van der Waals surface area contributed by atoms with Gasteiger partial charge in [0.05, 0.1) is 12.3 Å². The second-order valence-electron chi connectivity index (χ2n) is 9.61. The van der Waals surface area contributed by atoms with Gasteiger partial charge in [-0.1, -0.05) is 12.1 Å². The Kier molecular flexibility index (Phi) is 7.33. The van der Waals surface area contributed by atoms with Gasteiger partial charge in [-0.05, 0) is 68.8 Å². The molecule has 5 rings (SSSR count). The number of carbonyl (C=O) groups is 1. The molecule has 2 aromatic heterocycles. The summed E-state index contributed by atoms with van der Waals surface area (Å²) in [5.74, 6) is 0.644. The number of nitrogens with two attached hydrogens (primary N) is 2. The van der Waals surface area contributed by atoms with Gasteiger partial charge in [0.2, 0.25) is 5.88 Å². The number of nitrogens with one attached hydrogen (secondary N) is 1. The predicted octanol–water partition coefficient (Wildman–Crippen LogP) is 3.94. The van der Waals surface area contributed by atoms with Crippen molar-refractivity contribution in [3.8, 4) is 16.5 Å². The van der Waals surface area contributed by atoms with Gasteiger partial charge in [0, 0.05) is 29.7 Å². The molecule has 0 spiro atoms. The molecule has 3 aromatic rings. The molecular formula is C26H31FN6O2S. The van der Waals surface area contributed by atoms with Crippen molar-refractivity contribution in [3.05, 3.63) is 52.9 Å². The second-order valence-corrected chi connectivity index (χ2v) is 10.7. The van der Waals surface area contributed by atoms with Crippen LogP contribution in [0.5, 0.6) is 5.88 Å². The van der Waals surface area contributed by atoms with Gasteiger partial charge < -0.3 is 21.5 Å². The highest BCUT2D eigenvalue weighted by molar-refractivity contribution is 7.15. The van der Waals surface area contributed by atoms with Crippen LogP contribution in [0.4, 0.5) is 15.8 Å². The standard InChI is InChI=1S/C26H31FN6O2S/c27-20-4-2-1-3-19(20)26-31-13-18(36-26)14-33-9-7-16(8-10-33)12-30-24(34)22-11-21(28)23(29)25(32-22)35-15-17-5-6-17/h1-4,11,13,16-17H,5-10,12,14-15,29H2,(H2,28,32)(H,30,34). The molecule has 0 atom stereocenters. The van der Waals surface area contributed by atoms with Crippen molar-refractivity contribution in [1.82, 2.24) is 20.2 Å². The molecular weight excluding hydrogens is 479 g/mol. The third kappa shape index (κ3) is 5.93. The second kappa shape index (κ2) is 10.8. The molecule has 5 N–H and O–H groups in total. The van der Waals surface area contributed by atoms with Crippen LogP contribution in [0.2, 0.25) is 0 Å². The monoisotopic (exact) mass is 510 g/mol. The Bertz CT molecular complexity index is 1220. The Morgan fingerprint density at radius 2 is 1.94 bits per heavy atom. The largest absolute Gasteiger partial charge is 0.476 e. The number of pyridine rings is 1. The van der Waals surface area contributed by atoms with Gasteiger partial charge in [-0.25, -0.2) is 14.4 Å². The number of piperidine rings is 1. The highest BCUT2D eigenvalue weighted by Crippen LogP contribution is 2.32. The summed E-state index contributed by atoms with van der Waals surface area (Å²) < 4.78 is 19.7. The Morgan fingerprint density at radius 3 is 2.69 bits per heavy atom. The minimum absolute atomic E-state index is 0.223. The van der Waals surface area contributed by atoms with E-state index in [2.05, 4.69) is 20.2 Å². The predicted molar refractivity (Wildman–Crippen MR) is 139 cm³/mol. The smallest absolute Gasteiger partial charge is 0.270 e. The summed E-state index contributed by atoms with van der Waals surface area (Å²) in [6.07, 6.45) is 6.09. The average molecular weight is 511 g/mol. The normalized spacial score (nSPS) is 16.7. The fraction of sp³-hybridized carbons (Fsp3) is 0.423. The fourth-order valence-electron chi connectivity index (χ4n) is 4.29. The minimum Gasteiger partial charge on any atom is -0.476 e. The molecule has 1 saturated carbocycles. The van der Waals surface area contributed by atoms with Crippen molar-refractivity contribution >= 4 is 28.6 Å². The summed E-state index contributed by atoms with van der Waals surface area (Å²) in [7, 11) is 0. The van der Waals surface area contributed by atoms with Crippen molar-refractivity contribution in [2.75, 3.05) is 37.7 Å². The number of benzene rings is 1. The fourth-order valence-corrected chi connectivity index (χ4v) is 5.28. The Hall–Kier alpha value is -3.24. The van der Waals surface area contributed by atoms with E-state index >= 15 is 0 Å². The summed E-state index contributed by atoms with van der Waals surface area (Å²) in [6.45, 7) is 3.78. The van der Waals surface area contributed by atoms with Crippen molar-refractivity contribution < 1.29 is 13.9 Å². The highest BCUT2D eigenvalue weighted by Gasteiger charge is 2.24. The lowest BCUT2D eigenvalue weighted by Gasteiger charge is -2.31. The number of rotatable bonds is 9. The van der Waals surface area contributed by atoms with E-state index in [1.807, 2.05) is 12.3 Å². The van der Waals surface area contributed by atoms with E-state index in [0.29, 0.717) is 41.2 Å².